The van der Waals surface area contributed by atoms with Gasteiger partial charge < -0.3 is 10.0 Å². The minimum atomic E-state index is 0.157. The number of aliphatic hydroxyl groups excluding tert-OH is 1. The molecule has 3 nitrogen and oxygen atoms in total. The summed E-state index contributed by atoms with van der Waals surface area (Å²) in [5.74, 6) is 0.157. The molecular weight excluding hydrogens is 294 g/mol. The summed E-state index contributed by atoms with van der Waals surface area (Å²) in [6.45, 7) is 4.77. The Labute approximate surface area is 117 Å². The largest absolute Gasteiger partial charge is 0.396 e. The fraction of sp³-hybridized carbons (Fsp3) is 0.500. The Bertz CT molecular complexity index is 382. The van der Waals surface area contributed by atoms with E-state index in [9.17, 15) is 4.79 Å². The maximum Gasteiger partial charge on any atom is 0.165 e. The highest BCUT2D eigenvalue weighted by Gasteiger charge is 2.11. The van der Waals surface area contributed by atoms with Crippen LogP contribution in [0.25, 0.3) is 0 Å². The van der Waals surface area contributed by atoms with Gasteiger partial charge in [0.25, 0.3) is 0 Å². The van der Waals surface area contributed by atoms with E-state index in [-0.39, 0.29) is 12.4 Å². The molecule has 0 aliphatic heterocycles. The van der Waals surface area contributed by atoms with E-state index in [0.29, 0.717) is 6.42 Å². The van der Waals surface area contributed by atoms with E-state index in [2.05, 4.69) is 27.8 Å². The number of ketones is 1. The summed E-state index contributed by atoms with van der Waals surface area (Å²) in [5, 5.41) is 8.80. The quantitative estimate of drug-likeness (QED) is 0.750. The number of carbonyl (C=O) groups is 1. The predicted octanol–water partition coefficient (Wildman–Crippen LogP) is 2.73. The Balaban J connectivity index is 2.47. The summed E-state index contributed by atoms with van der Waals surface area (Å²) >= 11 is 3.40. The van der Waals surface area contributed by atoms with Gasteiger partial charge in [-0.05, 0) is 19.0 Å². The molecule has 4 heteroatoms. The van der Waals surface area contributed by atoms with Crippen LogP contribution in [0.2, 0.25) is 0 Å². The highest BCUT2D eigenvalue weighted by molar-refractivity contribution is 9.10. The van der Waals surface area contributed by atoms with Gasteiger partial charge in [0.15, 0.2) is 5.78 Å². The highest BCUT2D eigenvalue weighted by atomic mass is 79.9. The molecule has 1 aromatic carbocycles. The van der Waals surface area contributed by atoms with E-state index >= 15 is 0 Å². The molecular formula is C14H20BrNO2. The zero-order valence-corrected chi connectivity index (χ0v) is 12.3. The van der Waals surface area contributed by atoms with Gasteiger partial charge in [-0.15, -0.1) is 0 Å². The standard InChI is InChI=1S/C14H20BrNO2/c1-2-16(9-5-11-17)10-8-14(18)12-6-3-4-7-13(12)15/h3-4,6-7,17H,2,5,8-11H2,1H3. The minimum Gasteiger partial charge on any atom is -0.396 e. The third-order valence-corrected chi connectivity index (χ3v) is 3.60. The van der Waals surface area contributed by atoms with Crippen LogP contribution in [0.15, 0.2) is 28.7 Å². The molecule has 0 radical (unpaired) electrons. The first kappa shape index (κ1) is 15.3. The Kier molecular flexibility index (Phi) is 7.16. The summed E-state index contributed by atoms with van der Waals surface area (Å²) in [5.41, 5.74) is 0.746. The molecule has 0 aliphatic carbocycles. The number of nitrogens with zero attached hydrogens (tertiary/aromatic N) is 1. The van der Waals surface area contributed by atoms with Gasteiger partial charge in [-0.25, -0.2) is 0 Å². The van der Waals surface area contributed by atoms with Crippen molar-refractivity contribution in [2.45, 2.75) is 19.8 Å². The fourth-order valence-electron chi connectivity index (χ4n) is 1.80. The van der Waals surface area contributed by atoms with E-state index in [0.717, 1.165) is 36.1 Å². The van der Waals surface area contributed by atoms with Crippen molar-refractivity contribution in [1.29, 1.82) is 0 Å². The van der Waals surface area contributed by atoms with E-state index < -0.39 is 0 Å². The summed E-state index contributed by atoms with van der Waals surface area (Å²) in [6, 6.07) is 7.51. The van der Waals surface area contributed by atoms with E-state index in [1.165, 1.54) is 0 Å². The second kappa shape index (κ2) is 8.40. The van der Waals surface area contributed by atoms with Crippen molar-refractivity contribution >= 4 is 21.7 Å². The first-order valence-electron chi connectivity index (χ1n) is 6.30. The molecule has 1 rings (SSSR count). The molecule has 0 fully saturated rings. The molecule has 18 heavy (non-hydrogen) atoms. The second-order valence-electron chi connectivity index (χ2n) is 4.16. The van der Waals surface area contributed by atoms with Gasteiger partial charge in [0, 0.05) is 36.2 Å². The Hall–Kier alpha value is -0.710. The molecule has 0 heterocycles. The number of hydrogen-bond donors (Lipinski definition) is 1. The van der Waals surface area contributed by atoms with Gasteiger partial charge in [0.2, 0.25) is 0 Å². The number of benzene rings is 1. The number of hydrogen-bond acceptors (Lipinski definition) is 3. The molecule has 0 bridgehead atoms. The molecule has 0 atom stereocenters. The summed E-state index contributed by atoms with van der Waals surface area (Å²) in [6.07, 6.45) is 1.28. The van der Waals surface area contributed by atoms with Gasteiger partial charge in [0.05, 0.1) is 0 Å². The average molecular weight is 314 g/mol. The second-order valence-corrected chi connectivity index (χ2v) is 5.02. The van der Waals surface area contributed by atoms with Gasteiger partial charge in [-0.2, -0.15) is 0 Å². The molecule has 0 saturated heterocycles. The number of carbonyl (C=O) groups excluding carboxylic acids is 1. The lowest BCUT2D eigenvalue weighted by Gasteiger charge is -2.19. The monoisotopic (exact) mass is 313 g/mol. The van der Waals surface area contributed by atoms with Crippen LogP contribution in [0.3, 0.4) is 0 Å². The van der Waals surface area contributed by atoms with Crippen molar-refractivity contribution < 1.29 is 9.90 Å². The van der Waals surface area contributed by atoms with E-state index in [1.807, 2.05) is 24.3 Å². The van der Waals surface area contributed by atoms with Crippen LogP contribution in [0.1, 0.15) is 30.1 Å². The molecule has 0 aromatic heterocycles. The first-order chi connectivity index (χ1) is 8.69. The van der Waals surface area contributed by atoms with Crippen molar-refractivity contribution in [2.75, 3.05) is 26.2 Å². The predicted molar refractivity (Wildman–Crippen MR) is 76.9 cm³/mol. The third-order valence-electron chi connectivity index (χ3n) is 2.91. The first-order valence-corrected chi connectivity index (χ1v) is 7.09. The maximum atomic E-state index is 12.1. The highest BCUT2D eigenvalue weighted by Crippen LogP contribution is 2.17. The summed E-state index contributed by atoms with van der Waals surface area (Å²) in [4.78, 5) is 14.2. The molecule has 100 valence electrons. The smallest absolute Gasteiger partial charge is 0.165 e. The zero-order valence-electron chi connectivity index (χ0n) is 10.7. The molecule has 0 spiro atoms. The molecule has 1 aromatic rings. The van der Waals surface area contributed by atoms with Crippen molar-refractivity contribution in [3.63, 3.8) is 0 Å². The van der Waals surface area contributed by atoms with Crippen LogP contribution < -0.4 is 0 Å². The third kappa shape index (κ3) is 4.88. The topological polar surface area (TPSA) is 40.5 Å². The molecule has 0 saturated carbocycles. The lowest BCUT2D eigenvalue weighted by molar-refractivity contribution is 0.0963. The molecule has 0 amide bonds. The van der Waals surface area contributed by atoms with Crippen LogP contribution in [-0.2, 0) is 0 Å². The fourth-order valence-corrected chi connectivity index (χ4v) is 2.31. The number of rotatable bonds is 8. The Morgan fingerprint density at radius 1 is 1.33 bits per heavy atom. The van der Waals surface area contributed by atoms with Crippen LogP contribution in [0.4, 0.5) is 0 Å². The SMILES string of the molecule is CCN(CCCO)CCC(=O)c1ccccc1Br. The van der Waals surface area contributed by atoms with Gasteiger partial charge in [0.1, 0.15) is 0 Å². The average Bonchev–Trinajstić information content (AvgIpc) is 2.39. The Morgan fingerprint density at radius 2 is 2.06 bits per heavy atom. The number of halogens is 1. The maximum absolute atomic E-state index is 12.1. The summed E-state index contributed by atoms with van der Waals surface area (Å²) < 4.78 is 0.855. The lowest BCUT2D eigenvalue weighted by atomic mass is 10.1. The lowest BCUT2D eigenvalue weighted by Crippen LogP contribution is -2.27. The van der Waals surface area contributed by atoms with Crippen LogP contribution in [0.5, 0.6) is 0 Å². The van der Waals surface area contributed by atoms with Crippen LogP contribution in [0, 0.1) is 0 Å². The van der Waals surface area contributed by atoms with Crippen molar-refractivity contribution in [3.8, 4) is 0 Å². The van der Waals surface area contributed by atoms with Gasteiger partial charge in [-0.3, -0.25) is 4.79 Å². The van der Waals surface area contributed by atoms with E-state index in [4.69, 9.17) is 5.11 Å². The summed E-state index contributed by atoms with van der Waals surface area (Å²) in [7, 11) is 0. The van der Waals surface area contributed by atoms with Gasteiger partial charge >= 0.3 is 0 Å². The minimum absolute atomic E-state index is 0.157. The molecule has 1 N–H and O–H groups in total. The van der Waals surface area contributed by atoms with Crippen molar-refractivity contribution in [1.82, 2.24) is 4.90 Å². The number of Topliss-reactive ketones (excluding diaryl/α,β-unsaturated/α-hetero) is 1. The van der Waals surface area contributed by atoms with Crippen molar-refractivity contribution in [3.05, 3.63) is 34.3 Å². The zero-order chi connectivity index (χ0) is 13.4. The molecule has 0 unspecified atom stereocenters. The molecule has 0 aliphatic rings. The van der Waals surface area contributed by atoms with Crippen LogP contribution in [-0.4, -0.2) is 42.0 Å². The number of aliphatic hydroxyl groups is 1. The van der Waals surface area contributed by atoms with Gasteiger partial charge in [-0.1, -0.05) is 41.1 Å². The van der Waals surface area contributed by atoms with Crippen molar-refractivity contribution in [2.24, 2.45) is 0 Å². The Morgan fingerprint density at radius 3 is 2.67 bits per heavy atom. The van der Waals surface area contributed by atoms with Crippen LogP contribution >= 0.6 is 15.9 Å². The normalized spacial score (nSPS) is 10.9. The van der Waals surface area contributed by atoms with E-state index in [1.54, 1.807) is 0 Å².